The molecule has 2 aromatic rings. The fraction of sp³-hybridized carbons (Fsp3) is 0.588. The van der Waals surface area contributed by atoms with Gasteiger partial charge in [0.25, 0.3) is 5.91 Å². The van der Waals surface area contributed by atoms with Gasteiger partial charge in [-0.1, -0.05) is 12.1 Å². The molecule has 4 saturated carbocycles. The predicted octanol–water partition coefficient (Wildman–Crippen LogP) is 5.09. The molecule has 0 radical (unpaired) electrons. The van der Waals surface area contributed by atoms with E-state index in [4.69, 9.17) is 9.47 Å². The Kier molecular flexibility index (Phi) is 7.51. The van der Waals surface area contributed by atoms with Gasteiger partial charge in [0.1, 0.15) is 5.75 Å². The van der Waals surface area contributed by atoms with Crippen molar-refractivity contribution in [1.29, 1.82) is 0 Å². The molecule has 2 aliphatic heterocycles. The Balaban J connectivity index is 1.09. The van der Waals surface area contributed by atoms with Gasteiger partial charge in [0.2, 0.25) is 5.91 Å². The Morgan fingerprint density at radius 3 is 2.24 bits per heavy atom. The Labute approximate surface area is 249 Å². The fourth-order valence-corrected chi connectivity index (χ4v) is 8.91. The molecule has 8 nitrogen and oxygen atoms in total. The van der Waals surface area contributed by atoms with E-state index in [1.54, 1.807) is 7.11 Å². The number of nitrogens with zero attached hydrogens (tertiary/aromatic N) is 2. The van der Waals surface area contributed by atoms with Gasteiger partial charge in [-0.25, -0.2) is 0 Å². The second kappa shape index (κ2) is 11.4. The highest BCUT2D eigenvalue weighted by molar-refractivity contribution is 6.03. The molecule has 2 N–H and O–H groups in total. The number of carbonyl (C=O) groups is 2. The van der Waals surface area contributed by atoms with Crippen LogP contribution in [0.3, 0.4) is 0 Å². The Morgan fingerprint density at radius 2 is 1.60 bits per heavy atom. The molecule has 4 bridgehead atoms. The first-order valence-electron chi connectivity index (χ1n) is 16.0. The molecular formula is C34H44N4O4. The summed E-state index contributed by atoms with van der Waals surface area (Å²) in [5.74, 6) is 3.04. The summed E-state index contributed by atoms with van der Waals surface area (Å²) in [6, 6.07) is 14.0. The van der Waals surface area contributed by atoms with Crippen molar-refractivity contribution in [3.05, 3.63) is 48.0 Å². The molecule has 0 aromatic heterocycles. The lowest BCUT2D eigenvalue weighted by Crippen LogP contribution is -2.51. The highest BCUT2D eigenvalue weighted by Crippen LogP contribution is 2.60. The first-order chi connectivity index (χ1) is 20.5. The topological polar surface area (TPSA) is 83.1 Å². The van der Waals surface area contributed by atoms with Crippen LogP contribution in [0.15, 0.2) is 42.5 Å². The number of carbonyl (C=O) groups excluding carboxylic acids is 2. The van der Waals surface area contributed by atoms with E-state index in [2.05, 4.69) is 26.5 Å². The minimum absolute atomic E-state index is 0.0702. The van der Waals surface area contributed by atoms with Gasteiger partial charge in [0.05, 0.1) is 29.9 Å². The van der Waals surface area contributed by atoms with Gasteiger partial charge >= 0.3 is 0 Å². The van der Waals surface area contributed by atoms with E-state index in [1.807, 2.05) is 36.4 Å². The molecule has 6 aliphatic rings. The quantitative estimate of drug-likeness (QED) is 0.459. The van der Waals surface area contributed by atoms with E-state index in [9.17, 15) is 9.59 Å². The molecule has 1 unspecified atom stereocenters. The maximum atomic E-state index is 13.8. The third kappa shape index (κ3) is 5.34. The van der Waals surface area contributed by atoms with Crippen LogP contribution >= 0.6 is 0 Å². The molecule has 2 saturated heterocycles. The third-order valence-corrected chi connectivity index (χ3v) is 10.6. The predicted molar refractivity (Wildman–Crippen MR) is 164 cm³/mol. The van der Waals surface area contributed by atoms with Crippen molar-refractivity contribution in [2.75, 3.05) is 61.6 Å². The highest BCUT2D eigenvalue weighted by Gasteiger charge is 2.54. The zero-order valence-corrected chi connectivity index (χ0v) is 24.8. The van der Waals surface area contributed by atoms with E-state index in [0.29, 0.717) is 29.9 Å². The van der Waals surface area contributed by atoms with Crippen molar-refractivity contribution in [2.45, 2.75) is 57.5 Å². The number of para-hydroxylation sites is 2. The van der Waals surface area contributed by atoms with Crippen LogP contribution in [-0.2, 0) is 9.53 Å². The minimum Gasteiger partial charge on any atom is -0.495 e. The Bertz CT molecular complexity index is 1280. The van der Waals surface area contributed by atoms with Gasteiger partial charge in [0.15, 0.2) is 0 Å². The van der Waals surface area contributed by atoms with Crippen molar-refractivity contribution >= 4 is 28.9 Å². The summed E-state index contributed by atoms with van der Waals surface area (Å²) in [6.45, 7) is 4.47. The van der Waals surface area contributed by atoms with Gasteiger partial charge < -0.3 is 29.9 Å². The third-order valence-electron chi connectivity index (χ3n) is 10.6. The van der Waals surface area contributed by atoms with Crippen molar-refractivity contribution in [1.82, 2.24) is 5.32 Å². The minimum atomic E-state index is -0.232. The largest absolute Gasteiger partial charge is 0.495 e. The smallest absolute Gasteiger partial charge is 0.253 e. The highest BCUT2D eigenvalue weighted by atomic mass is 16.5. The van der Waals surface area contributed by atoms with Gasteiger partial charge in [0, 0.05) is 50.7 Å². The molecule has 2 aromatic carbocycles. The van der Waals surface area contributed by atoms with Crippen LogP contribution in [0.1, 0.15) is 61.7 Å². The summed E-state index contributed by atoms with van der Waals surface area (Å²) in [5, 5.41) is 6.41. The molecule has 4 aliphatic carbocycles. The van der Waals surface area contributed by atoms with Crippen LogP contribution in [-0.4, -0.2) is 64.4 Å². The number of methoxy groups -OCH3 is 1. The van der Waals surface area contributed by atoms with E-state index < -0.39 is 0 Å². The molecule has 8 heteroatoms. The van der Waals surface area contributed by atoms with E-state index in [1.165, 1.54) is 19.3 Å². The summed E-state index contributed by atoms with van der Waals surface area (Å²) in [6.07, 6.45) is 9.06. The molecule has 2 heterocycles. The summed E-state index contributed by atoms with van der Waals surface area (Å²) in [5.41, 5.74) is 3.10. The lowest BCUT2D eigenvalue weighted by molar-refractivity contribution is -0.140. The molecule has 6 fully saturated rings. The number of hydrogen-bond acceptors (Lipinski definition) is 6. The maximum absolute atomic E-state index is 13.8. The second-order valence-electron chi connectivity index (χ2n) is 13.4. The van der Waals surface area contributed by atoms with Crippen LogP contribution in [0, 0.1) is 23.2 Å². The molecule has 0 spiro atoms. The number of amides is 2. The first-order valence-corrected chi connectivity index (χ1v) is 16.0. The fourth-order valence-electron chi connectivity index (χ4n) is 8.91. The van der Waals surface area contributed by atoms with Crippen LogP contribution < -0.4 is 25.2 Å². The molecular weight excluding hydrogens is 528 g/mol. The molecule has 2 amide bonds. The maximum Gasteiger partial charge on any atom is 0.253 e. The number of anilines is 3. The van der Waals surface area contributed by atoms with Gasteiger partial charge in [-0.05, 0) is 99.5 Å². The standard InChI is InChI=1S/C34H44N4O4/c1-41-31-7-3-2-6-30(31)38-12-10-37(11-13-38)29-9-8-26(18-28(29)32(39)35-22-27-5-4-14-42-27)36-33(40)34-19-23-15-24(20-34)17-25(16-23)21-34/h2-3,6-9,18,23-25,27H,4-5,10-17,19-22H2,1H3,(H,35,39)(H,36,40). The van der Waals surface area contributed by atoms with E-state index in [-0.39, 0.29) is 23.3 Å². The van der Waals surface area contributed by atoms with Crippen molar-refractivity contribution < 1.29 is 19.1 Å². The average Bonchev–Trinajstić information content (AvgIpc) is 3.53. The van der Waals surface area contributed by atoms with Crippen LogP contribution in [0.5, 0.6) is 5.75 Å². The zero-order chi connectivity index (χ0) is 28.7. The number of piperazine rings is 1. The summed E-state index contributed by atoms with van der Waals surface area (Å²) in [7, 11) is 1.71. The monoisotopic (exact) mass is 572 g/mol. The Hall–Kier alpha value is -3.26. The molecule has 8 rings (SSSR count). The van der Waals surface area contributed by atoms with Gasteiger partial charge in [-0.3, -0.25) is 9.59 Å². The number of nitrogens with one attached hydrogen (secondary N) is 2. The SMILES string of the molecule is COc1ccccc1N1CCN(c2ccc(NC(=O)C34CC5CC(CC(C5)C3)C4)cc2C(=O)NCC2CCCO2)CC1. The van der Waals surface area contributed by atoms with E-state index >= 15 is 0 Å². The number of rotatable bonds is 8. The molecule has 42 heavy (non-hydrogen) atoms. The van der Waals surface area contributed by atoms with Crippen LogP contribution in [0.4, 0.5) is 17.1 Å². The van der Waals surface area contributed by atoms with E-state index in [0.717, 1.165) is 87.7 Å². The summed E-state index contributed by atoms with van der Waals surface area (Å²) >= 11 is 0. The number of ether oxygens (including phenoxy) is 2. The number of benzene rings is 2. The lowest BCUT2D eigenvalue weighted by atomic mass is 9.49. The van der Waals surface area contributed by atoms with Crippen LogP contribution in [0.25, 0.3) is 0 Å². The molecule has 224 valence electrons. The van der Waals surface area contributed by atoms with Crippen molar-refractivity contribution in [2.24, 2.45) is 23.2 Å². The van der Waals surface area contributed by atoms with Gasteiger partial charge in [-0.2, -0.15) is 0 Å². The van der Waals surface area contributed by atoms with Crippen LogP contribution in [0.2, 0.25) is 0 Å². The summed E-state index contributed by atoms with van der Waals surface area (Å²) in [4.78, 5) is 32.1. The second-order valence-corrected chi connectivity index (χ2v) is 13.4. The van der Waals surface area contributed by atoms with Crippen molar-refractivity contribution in [3.8, 4) is 5.75 Å². The summed E-state index contributed by atoms with van der Waals surface area (Å²) < 4.78 is 11.4. The zero-order valence-electron chi connectivity index (χ0n) is 24.8. The normalized spacial score (nSPS) is 29.9. The Morgan fingerprint density at radius 1 is 0.929 bits per heavy atom. The average molecular weight is 573 g/mol. The van der Waals surface area contributed by atoms with Gasteiger partial charge in [-0.15, -0.1) is 0 Å². The number of hydrogen-bond donors (Lipinski definition) is 2. The first kappa shape index (κ1) is 27.6. The molecule has 1 atom stereocenters. The van der Waals surface area contributed by atoms with Crippen molar-refractivity contribution in [3.63, 3.8) is 0 Å². The lowest BCUT2D eigenvalue weighted by Gasteiger charge is -2.55.